The minimum atomic E-state index is -0.364. The standard InChI is InChI=1S/C23H28O5S/c1-26-20-4-3-14(8-21(20)27-2)7-17-10-16(9-15-5-6-28-23(15)17)22-12-18(25)11-19(13-24)29-22/h3-4,8-10,18-19,22,24-25H,5-7,11-13H2,1-2H3/t18-,19-,22+/m0/s1. The molecule has 2 heterocycles. The molecule has 2 aliphatic rings. The Hall–Kier alpha value is -1.89. The van der Waals surface area contributed by atoms with Crippen molar-refractivity contribution in [3.63, 3.8) is 0 Å². The minimum Gasteiger partial charge on any atom is -0.493 e. The Bertz CT molecular complexity index is 869. The van der Waals surface area contributed by atoms with Crippen LogP contribution in [0.2, 0.25) is 0 Å². The molecule has 0 saturated carbocycles. The number of rotatable bonds is 6. The molecule has 0 bridgehead atoms. The van der Waals surface area contributed by atoms with Gasteiger partial charge < -0.3 is 24.4 Å². The van der Waals surface area contributed by atoms with Crippen molar-refractivity contribution in [2.75, 3.05) is 27.4 Å². The molecule has 2 aromatic rings. The highest BCUT2D eigenvalue weighted by Crippen LogP contribution is 2.45. The zero-order valence-corrected chi connectivity index (χ0v) is 17.7. The molecule has 2 aliphatic heterocycles. The van der Waals surface area contributed by atoms with Crippen molar-refractivity contribution in [3.05, 3.63) is 52.6 Å². The molecule has 0 radical (unpaired) electrons. The second kappa shape index (κ2) is 8.86. The zero-order valence-electron chi connectivity index (χ0n) is 16.9. The molecule has 4 rings (SSSR count). The first-order valence-electron chi connectivity index (χ1n) is 10.0. The van der Waals surface area contributed by atoms with Crippen molar-refractivity contribution in [2.45, 2.75) is 42.3 Å². The van der Waals surface area contributed by atoms with E-state index in [2.05, 4.69) is 18.2 Å². The predicted molar refractivity (Wildman–Crippen MR) is 114 cm³/mol. The lowest BCUT2D eigenvalue weighted by Crippen LogP contribution is -2.26. The highest BCUT2D eigenvalue weighted by Gasteiger charge is 2.30. The van der Waals surface area contributed by atoms with Gasteiger partial charge in [-0.1, -0.05) is 18.2 Å². The van der Waals surface area contributed by atoms with Crippen LogP contribution in [0.5, 0.6) is 17.2 Å². The molecule has 1 saturated heterocycles. The van der Waals surface area contributed by atoms with Crippen LogP contribution in [0, 0.1) is 0 Å². The van der Waals surface area contributed by atoms with E-state index in [0.717, 1.165) is 41.9 Å². The summed E-state index contributed by atoms with van der Waals surface area (Å²) in [6, 6.07) is 10.4. The summed E-state index contributed by atoms with van der Waals surface area (Å²) in [7, 11) is 3.28. The van der Waals surface area contributed by atoms with Crippen molar-refractivity contribution in [3.8, 4) is 17.2 Å². The van der Waals surface area contributed by atoms with Gasteiger partial charge in [-0.25, -0.2) is 0 Å². The van der Waals surface area contributed by atoms with Crippen LogP contribution in [0.3, 0.4) is 0 Å². The summed E-state index contributed by atoms with van der Waals surface area (Å²) in [6.07, 6.45) is 2.66. The molecule has 2 aromatic carbocycles. The molecule has 0 aromatic heterocycles. The molecular weight excluding hydrogens is 388 g/mol. The summed E-state index contributed by atoms with van der Waals surface area (Å²) in [5.41, 5.74) is 4.73. The Morgan fingerprint density at radius 3 is 2.69 bits per heavy atom. The van der Waals surface area contributed by atoms with Crippen LogP contribution in [0.4, 0.5) is 0 Å². The van der Waals surface area contributed by atoms with E-state index >= 15 is 0 Å². The maximum atomic E-state index is 10.3. The van der Waals surface area contributed by atoms with Gasteiger partial charge in [0, 0.05) is 23.3 Å². The molecule has 6 heteroatoms. The van der Waals surface area contributed by atoms with Crippen molar-refractivity contribution in [2.24, 2.45) is 0 Å². The van der Waals surface area contributed by atoms with Crippen LogP contribution in [0.15, 0.2) is 30.3 Å². The number of benzene rings is 2. The quantitative estimate of drug-likeness (QED) is 0.751. The third-order valence-corrected chi connectivity index (χ3v) is 7.20. The van der Waals surface area contributed by atoms with Crippen LogP contribution in [0.25, 0.3) is 0 Å². The molecule has 0 unspecified atom stereocenters. The van der Waals surface area contributed by atoms with Crippen LogP contribution < -0.4 is 14.2 Å². The van der Waals surface area contributed by atoms with Gasteiger partial charge in [-0.15, -0.1) is 11.8 Å². The number of thioether (sulfide) groups is 1. The van der Waals surface area contributed by atoms with Gasteiger partial charge in [-0.3, -0.25) is 0 Å². The molecule has 0 aliphatic carbocycles. The Balaban J connectivity index is 1.65. The molecule has 3 atom stereocenters. The van der Waals surface area contributed by atoms with E-state index in [9.17, 15) is 10.2 Å². The average Bonchev–Trinajstić information content (AvgIpc) is 3.22. The Labute approximate surface area is 176 Å². The van der Waals surface area contributed by atoms with Gasteiger partial charge in [0.1, 0.15) is 5.75 Å². The van der Waals surface area contributed by atoms with Crippen molar-refractivity contribution < 1.29 is 24.4 Å². The fourth-order valence-corrected chi connectivity index (χ4v) is 5.78. The summed E-state index contributed by atoms with van der Waals surface area (Å²) in [5, 5.41) is 20.1. The van der Waals surface area contributed by atoms with Crippen LogP contribution in [0.1, 0.15) is 40.3 Å². The highest BCUT2D eigenvalue weighted by molar-refractivity contribution is 8.00. The van der Waals surface area contributed by atoms with Gasteiger partial charge in [-0.2, -0.15) is 0 Å². The number of aliphatic hydroxyl groups excluding tert-OH is 2. The fourth-order valence-electron chi connectivity index (χ4n) is 4.27. The first-order valence-corrected chi connectivity index (χ1v) is 11.0. The Kier molecular flexibility index (Phi) is 6.23. The monoisotopic (exact) mass is 416 g/mol. The predicted octanol–water partition coefficient (Wildman–Crippen LogP) is 3.52. The molecule has 1 fully saturated rings. The number of methoxy groups -OCH3 is 2. The molecule has 2 N–H and O–H groups in total. The summed E-state index contributed by atoms with van der Waals surface area (Å²) in [4.78, 5) is 0. The van der Waals surface area contributed by atoms with E-state index in [1.54, 1.807) is 26.0 Å². The first kappa shape index (κ1) is 20.4. The topological polar surface area (TPSA) is 68.2 Å². The maximum absolute atomic E-state index is 10.3. The van der Waals surface area contributed by atoms with Gasteiger partial charge in [0.15, 0.2) is 11.5 Å². The third kappa shape index (κ3) is 4.34. The maximum Gasteiger partial charge on any atom is 0.160 e. The zero-order chi connectivity index (χ0) is 20.4. The van der Waals surface area contributed by atoms with Crippen molar-refractivity contribution >= 4 is 11.8 Å². The van der Waals surface area contributed by atoms with E-state index in [-0.39, 0.29) is 23.2 Å². The van der Waals surface area contributed by atoms with Gasteiger partial charge >= 0.3 is 0 Å². The van der Waals surface area contributed by atoms with E-state index in [1.165, 1.54) is 11.1 Å². The number of hydrogen-bond donors (Lipinski definition) is 2. The first-order chi connectivity index (χ1) is 14.1. The summed E-state index contributed by atoms with van der Waals surface area (Å²) < 4.78 is 16.8. The number of fused-ring (bicyclic) bond motifs is 1. The lowest BCUT2D eigenvalue weighted by Gasteiger charge is -2.32. The van der Waals surface area contributed by atoms with Gasteiger partial charge in [0.25, 0.3) is 0 Å². The molecule has 29 heavy (non-hydrogen) atoms. The molecule has 0 amide bonds. The van der Waals surface area contributed by atoms with E-state index in [0.29, 0.717) is 18.8 Å². The van der Waals surface area contributed by atoms with Gasteiger partial charge in [-0.05, 0) is 47.2 Å². The van der Waals surface area contributed by atoms with Crippen LogP contribution >= 0.6 is 11.8 Å². The SMILES string of the molecule is COc1ccc(Cc2cc([C@H]3C[C@@H](O)C[C@@H](CO)S3)cc3c2OCC3)cc1OC. The molecule has 5 nitrogen and oxygen atoms in total. The Morgan fingerprint density at radius 1 is 1.10 bits per heavy atom. The van der Waals surface area contributed by atoms with E-state index in [4.69, 9.17) is 14.2 Å². The smallest absolute Gasteiger partial charge is 0.160 e. The summed E-state index contributed by atoms with van der Waals surface area (Å²) in [5.74, 6) is 2.42. The largest absolute Gasteiger partial charge is 0.493 e. The molecule has 0 spiro atoms. The number of aliphatic hydroxyl groups is 2. The van der Waals surface area contributed by atoms with Crippen LogP contribution in [-0.4, -0.2) is 49.0 Å². The second-order valence-electron chi connectivity index (χ2n) is 7.69. The van der Waals surface area contributed by atoms with Gasteiger partial charge in [0.05, 0.1) is 33.5 Å². The van der Waals surface area contributed by atoms with Crippen molar-refractivity contribution in [1.29, 1.82) is 0 Å². The molecule has 156 valence electrons. The lowest BCUT2D eigenvalue weighted by molar-refractivity contribution is 0.137. The summed E-state index contributed by atoms with van der Waals surface area (Å²) >= 11 is 1.77. The fraction of sp³-hybridized carbons (Fsp3) is 0.478. The Morgan fingerprint density at radius 2 is 1.93 bits per heavy atom. The van der Waals surface area contributed by atoms with E-state index in [1.807, 2.05) is 12.1 Å². The van der Waals surface area contributed by atoms with Crippen LogP contribution in [-0.2, 0) is 12.8 Å². The van der Waals surface area contributed by atoms with E-state index < -0.39 is 0 Å². The lowest BCUT2D eigenvalue weighted by atomic mass is 9.94. The number of ether oxygens (including phenoxy) is 3. The highest BCUT2D eigenvalue weighted by atomic mass is 32.2. The normalized spacial score (nSPS) is 23.4. The number of hydrogen-bond acceptors (Lipinski definition) is 6. The third-order valence-electron chi connectivity index (χ3n) is 5.68. The second-order valence-corrected chi connectivity index (χ2v) is 9.20. The summed E-state index contributed by atoms with van der Waals surface area (Å²) in [6.45, 7) is 0.808. The van der Waals surface area contributed by atoms with Gasteiger partial charge in [0.2, 0.25) is 0 Å². The minimum absolute atomic E-state index is 0.0857. The average molecular weight is 417 g/mol. The van der Waals surface area contributed by atoms with Crippen molar-refractivity contribution in [1.82, 2.24) is 0 Å². The molecular formula is C23H28O5S.